The van der Waals surface area contributed by atoms with Gasteiger partial charge in [-0.05, 0) is 25.0 Å². The highest BCUT2D eigenvalue weighted by molar-refractivity contribution is 5.95. The number of nitrogens with two attached hydrogens (primary N) is 1. The number of aliphatic hydroxyl groups is 1. The lowest BCUT2D eigenvalue weighted by molar-refractivity contribution is -0.383. The zero-order chi connectivity index (χ0) is 16.1. The number of carbonyl (C=O) groups excluding carboxylic acids is 1. The van der Waals surface area contributed by atoms with Crippen LogP contribution in [-0.4, -0.2) is 28.6 Å². The van der Waals surface area contributed by atoms with Gasteiger partial charge in [-0.1, -0.05) is 19.3 Å². The first-order chi connectivity index (χ1) is 10.5. The van der Waals surface area contributed by atoms with Gasteiger partial charge in [-0.2, -0.15) is 0 Å². The summed E-state index contributed by atoms with van der Waals surface area (Å²) in [6.07, 6.45) is 4.84. The lowest BCUT2D eigenvalue weighted by Crippen LogP contribution is -2.41. The number of nitrogens with one attached hydrogen (secondary N) is 1. The van der Waals surface area contributed by atoms with E-state index in [1.165, 1.54) is 18.2 Å². The molecule has 1 aliphatic carbocycles. The van der Waals surface area contributed by atoms with E-state index in [4.69, 9.17) is 5.73 Å². The minimum atomic E-state index is -0.603. The van der Waals surface area contributed by atoms with Gasteiger partial charge >= 0.3 is 0 Å². The van der Waals surface area contributed by atoms with Crippen molar-refractivity contribution in [2.75, 3.05) is 12.3 Å². The molecular formula is C15H21N3O4. The van der Waals surface area contributed by atoms with Gasteiger partial charge in [0, 0.05) is 30.2 Å². The maximum absolute atomic E-state index is 12.3. The van der Waals surface area contributed by atoms with E-state index in [0.29, 0.717) is 0 Å². The summed E-state index contributed by atoms with van der Waals surface area (Å²) in [5, 5.41) is 23.3. The number of carbonyl (C=O) groups is 1. The third-order valence-electron chi connectivity index (χ3n) is 4.20. The smallest absolute Gasteiger partial charge is 0.292 e. The van der Waals surface area contributed by atoms with Crippen molar-refractivity contribution in [1.29, 1.82) is 0 Å². The Balaban J connectivity index is 2.14. The van der Waals surface area contributed by atoms with E-state index in [1.54, 1.807) is 0 Å². The molecule has 1 saturated carbocycles. The van der Waals surface area contributed by atoms with Crippen LogP contribution in [0.1, 0.15) is 42.5 Å². The van der Waals surface area contributed by atoms with Crippen LogP contribution in [-0.2, 0) is 0 Å². The number of nitro groups is 1. The normalized spacial score (nSPS) is 21.9. The molecule has 1 amide bonds. The van der Waals surface area contributed by atoms with Crippen molar-refractivity contribution in [2.45, 2.75) is 38.1 Å². The molecule has 0 aliphatic heterocycles. The van der Waals surface area contributed by atoms with Crippen LogP contribution in [0.3, 0.4) is 0 Å². The second kappa shape index (κ2) is 7.22. The molecule has 0 radical (unpaired) electrons. The molecule has 0 spiro atoms. The number of aliphatic hydroxyl groups excluding tert-OH is 1. The van der Waals surface area contributed by atoms with E-state index in [0.717, 1.165) is 32.1 Å². The summed E-state index contributed by atoms with van der Waals surface area (Å²) in [6.45, 7) is 0.0346. The zero-order valence-electron chi connectivity index (χ0n) is 12.3. The molecule has 1 aliphatic rings. The topological polar surface area (TPSA) is 118 Å². The zero-order valence-corrected chi connectivity index (χ0v) is 12.3. The van der Waals surface area contributed by atoms with Crippen molar-refractivity contribution in [1.82, 2.24) is 5.32 Å². The molecule has 0 bridgehead atoms. The third kappa shape index (κ3) is 3.73. The average Bonchev–Trinajstić information content (AvgIpc) is 2.72. The summed E-state index contributed by atoms with van der Waals surface area (Å²) in [7, 11) is 0. The first-order valence-electron chi connectivity index (χ1n) is 7.48. The van der Waals surface area contributed by atoms with Crippen molar-refractivity contribution in [3.63, 3.8) is 0 Å². The Morgan fingerprint density at radius 2 is 2.09 bits per heavy atom. The second-order valence-electron chi connectivity index (χ2n) is 5.69. The number of rotatable bonds is 4. The van der Waals surface area contributed by atoms with E-state index < -0.39 is 4.92 Å². The molecule has 2 unspecified atom stereocenters. The van der Waals surface area contributed by atoms with Crippen molar-refractivity contribution in [2.24, 2.45) is 5.92 Å². The van der Waals surface area contributed by atoms with E-state index in [2.05, 4.69) is 5.32 Å². The number of hydrogen-bond acceptors (Lipinski definition) is 5. The molecule has 7 nitrogen and oxygen atoms in total. The van der Waals surface area contributed by atoms with Gasteiger partial charge < -0.3 is 16.2 Å². The largest absolute Gasteiger partial charge is 0.396 e. The first-order valence-corrected chi connectivity index (χ1v) is 7.48. The summed E-state index contributed by atoms with van der Waals surface area (Å²) in [6, 6.07) is 3.93. The average molecular weight is 307 g/mol. The Bertz CT molecular complexity index is 562. The molecule has 0 saturated heterocycles. The Hall–Kier alpha value is -2.15. The van der Waals surface area contributed by atoms with Crippen LogP contribution in [0.25, 0.3) is 0 Å². The molecule has 0 aromatic heterocycles. The lowest BCUT2D eigenvalue weighted by atomic mass is 9.95. The molecule has 7 heteroatoms. The van der Waals surface area contributed by atoms with Gasteiger partial charge in [0.15, 0.2) is 0 Å². The van der Waals surface area contributed by atoms with Crippen LogP contribution in [0.15, 0.2) is 18.2 Å². The second-order valence-corrected chi connectivity index (χ2v) is 5.69. The van der Waals surface area contributed by atoms with Crippen LogP contribution in [0.4, 0.5) is 11.4 Å². The van der Waals surface area contributed by atoms with Crippen molar-refractivity contribution >= 4 is 17.3 Å². The minimum Gasteiger partial charge on any atom is -0.396 e. The number of nitro benzene ring substituents is 1. The summed E-state index contributed by atoms with van der Waals surface area (Å²) in [5.74, 6) is -0.330. The van der Waals surface area contributed by atoms with Crippen LogP contribution in [0, 0.1) is 16.0 Å². The van der Waals surface area contributed by atoms with Gasteiger partial charge in [0.05, 0.1) is 4.92 Å². The fraction of sp³-hybridized carbons (Fsp3) is 0.533. The minimum absolute atomic E-state index is 0.0317. The molecular weight excluding hydrogens is 286 g/mol. The lowest BCUT2D eigenvalue weighted by Gasteiger charge is -2.24. The van der Waals surface area contributed by atoms with Gasteiger partial charge in [0.2, 0.25) is 0 Å². The summed E-state index contributed by atoms with van der Waals surface area (Å²) in [5.41, 5.74) is 5.50. The van der Waals surface area contributed by atoms with Gasteiger partial charge in [0.1, 0.15) is 5.69 Å². The van der Waals surface area contributed by atoms with E-state index in [-0.39, 0.29) is 41.4 Å². The highest BCUT2D eigenvalue weighted by Crippen LogP contribution is 2.25. The SMILES string of the molecule is Nc1ccc(C(=O)NC2CCCCCC2CO)cc1[N+](=O)[O-]. The van der Waals surface area contributed by atoms with Gasteiger partial charge in [-0.25, -0.2) is 0 Å². The molecule has 2 atom stereocenters. The first kappa shape index (κ1) is 16.2. The van der Waals surface area contributed by atoms with Crippen LogP contribution in [0.5, 0.6) is 0 Å². The Labute approximate surface area is 128 Å². The molecule has 120 valence electrons. The maximum atomic E-state index is 12.3. The van der Waals surface area contributed by atoms with Crippen molar-refractivity contribution in [3.05, 3.63) is 33.9 Å². The summed E-state index contributed by atoms with van der Waals surface area (Å²) < 4.78 is 0. The van der Waals surface area contributed by atoms with Gasteiger partial charge in [-0.15, -0.1) is 0 Å². The number of benzene rings is 1. The number of nitrogen functional groups attached to an aromatic ring is 1. The fourth-order valence-electron chi connectivity index (χ4n) is 2.89. The molecule has 2 rings (SSSR count). The molecule has 1 aromatic carbocycles. The maximum Gasteiger partial charge on any atom is 0.292 e. The van der Waals surface area contributed by atoms with E-state index in [1.807, 2.05) is 0 Å². The van der Waals surface area contributed by atoms with Crippen LogP contribution in [0.2, 0.25) is 0 Å². The monoisotopic (exact) mass is 307 g/mol. The predicted octanol–water partition coefficient (Wildman–Crippen LogP) is 1.85. The van der Waals surface area contributed by atoms with E-state index in [9.17, 15) is 20.0 Å². The molecule has 4 N–H and O–H groups in total. The molecule has 1 aromatic rings. The molecule has 22 heavy (non-hydrogen) atoms. The highest BCUT2D eigenvalue weighted by Gasteiger charge is 2.25. The van der Waals surface area contributed by atoms with Crippen LogP contribution < -0.4 is 11.1 Å². The number of hydrogen-bond donors (Lipinski definition) is 3. The summed E-state index contributed by atoms with van der Waals surface area (Å²) >= 11 is 0. The highest BCUT2D eigenvalue weighted by atomic mass is 16.6. The van der Waals surface area contributed by atoms with E-state index >= 15 is 0 Å². The number of nitrogens with zero attached hydrogens (tertiary/aromatic N) is 1. The quantitative estimate of drug-likeness (QED) is 0.339. The number of anilines is 1. The Kier molecular flexibility index (Phi) is 5.32. The Morgan fingerprint density at radius 3 is 2.77 bits per heavy atom. The van der Waals surface area contributed by atoms with Crippen molar-refractivity contribution < 1.29 is 14.8 Å². The summed E-state index contributed by atoms with van der Waals surface area (Å²) in [4.78, 5) is 22.6. The van der Waals surface area contributed by atoms with Crippen molar-refractivity contribution in [3.8, 4) is 0 Å². The fourth-order valence-corrected chi connectivity index (χ4v) is 2.89. The number of amides is 1. The Morgan fingerprint density at radius 1 is 1.36 bits per heavy atom. The molecule has 0 heterocycles. The predicted molar refractivity (Wildman–Crippen MR) is 82.4 cm³/mol. The molecule has 1 fully saturated rings. The standard InChI is InChI=1S/C15H21N3O4/c16-12-7-6-10(8-14(12)18(21)22)15(20)17-13-5-3-1-2-4-11(13)9-19/h6-8,11,13,19H,1-5,9,16H2,(H,17,20). The van der Waals surface area contributed by atoms with Gasteiger partial charge in [-0.3, -0.25) is 14.9 Å². The third-order valence-corrected chi connectivity index (χ3v) is 4.20. The van der Waals surface area contributed by atoms with Gasteiger partial charge in [0.25, 0.3) is 11.6 Å². The van der Waals surface area contributed by atoms with Crippen LogP contribution >= 0.6 is 0 Å².